The lowest BCUT2D eigenvalue weighted by Crippen LogP contribution is -2.30. The van der Waals surface area contributed by atoms with E-state index in [2.05, 4.69) is 49.7 Å². The minimum Gasteiger partial charge on any atom is -0.382 e. The van der Waals surface area contributed by atoms with Gasteiger partial charge in [0.25, 0.3) is 0 Å². The Labute approximate surface area is 155 Å². The summed E-state index contributed by atoms with van der Waals surface area (Å²) in [4.78, 5) is 0. The summed E-state index contributed by atoms with van der Waals surface area (Å²) in [5, 5.41) is 3.47. The highest BCUT2D eigenvalue weighted by molar-refractivity contribution is 5.55. The molecule has 1 heterocycles. The summed E-state index contributed by atoms with van der Waals surface area (Å²) in [6.07, 6.45) is 10.5. The van der Waals surface area contributed by atoms with Gasteiger partial charge < -0.3 is 10.1 Å². The molecule has 2 rings (SSSR count). The van der Waals surface area contributed by atoms with Gasteiger partial charge in [0.2, 0.25) is 0 Å². The van der Waals surface area contributed by atoms with Gasteiger partial charge in [-0.15, -0.1) is 5.73 Å². The summed E-state index contributed by atoms with van der Waals surface area (Å²) in [7, 11) is 0. The van der Waals surface area contributed by atoms with E-state index in [0.29, 0.717) is 6.10 Å². The van der Waals surface area contributed by atoms with Crippen LogP contribution in [0.15, 0.2) is 48.7 Å². The first-order valence-corrected chi connectivity index (χ1v) is 9.69. The Hall–Kier alpha value is -1.76. The second kappa shape index (κ2) is 15.7. The molecule has 0 aliphatic carbocycles. The summed E-state index contributed by atoms with van der Waals surface area (Å²) in [5.41, 5.74) is 6.73. The van der Waals surface area contributed by atoms with Gasteiger partial charge in [0.1, 0.15) is 0 Å². The van der Waals surface area contributed by atoms with Crippen LogP contribution in [0.3, 0.4) is 0 Å². The molecule has 25 heavy (non-hydrogen) atoms. The Morgan fingerprint density at radius 1 is 1.32 bits per heavy atom. The highest BCUT2D eigenvalue weighted by atomic mass is 16.5. The van der Waals surface area contributed by atoms with Crippen molar-refractivity contribution in [2.75, 3.05) is 18.5 Å². The van der Waals surface area contributed by atoms with E-state index < -0.39 is 0 Å². The van der Waals surface area contributed by atoms with Crippen molar-refractivity contribution < 1.29 is 4.74 Å². The maximum atomic E-state index is 5.89. The first kappa shape index (κ1) is 23.2. The van der Waals surface area contributed by atoms with Crippen molar-refractivity contribution in [1.82, 2.24) is 0 Å². The molecule has 1 aliphatic rings. The predicted molar refractivity (Wildman–Crippen MR) is 113 cm³/mol. The minimum absolute atomic E-state index is 0.348. The average molecular weight is 344 g/mol. The zero-order chi connectivity index (χ0) is 18.9. The minimum atomic E-state index is 0.348. The number of unbranched alkanes of at least 4 members (excludes halogenated alkanes) is 1. The summed E-state index contributed by atoms with van der Waals surface area (Å²) in [6.45, 7) is 15.6. The highest BCUT2D eigenvalue weighted by Gasteiger charge is 2.18. The normalized spacial score (nSPS) is 14.8. The third-order valence-corrected chi connectivity index (χ3v) is 3.80. The number of anilines is 1. The monoisotopic (exact) mass is 343 g/mol. The zero-order valence-electron chi connectivity index (χ0n) is 16.9. The first-order chi connectivity index (χ1) is 12.2. The Morgan fingerprint density at radius 2 is 2.08 bits per heavy atom. The van der Waals surface area contributed by atoms with Crippen molar-refractivity contribution in [2.45, 2.75) is 66.4 Å². The zero-order valence-corrected chi connectivity index (χ0v) is 16.9. The number of hydrogen-bond acceptors (Lipinski definition) is 2. The quantitative estimate of drug-likeness (QED) is 0.370. The van der Waals surface area contributed by atoms with E-state index in [9.17, 15) is 0 Å². The number of ether oxygens (including phenoxy) is 1. The Bertz CT molecular complexity index is 527. The predicted octanol–water partition coefficient (Wildman–Crippen LogP) is 6.33. The lowest BCUT2D eigenvalue weighted by molar-refractivity contribution is 0.0584. The molecule has 0 amide bonds. The molecule has 0 spiro atoms. The maximum Gasteiger partial charge on any atom is 0.0788 e. The lowest BCUT2D eigenvalue weighted by Gasteiger charge is -2.26. The number of hydrogen-bond donors (Lipinski definition) is 1. The Kier molecular flexibility index (Phi) is 14.6. The van der Waals surface area contributed by atoms with Gasteiger partial charge in [0, 0.05) is 25.3 Å². The standard InChI is InChI=1S/C15H23NO.C6H8.C2H6/c1-3-5-8-17-14-10-13-9-12(4-2)6-7-15(13)16-11-14;1-3-5-6-4-2;1-2/h6-7,9,14,16H,3-5,8,10-11H2,1-2H3;4-6H,1H2,2H3;1-2H3/b;6-4-;. The molecule has 0 bridgehead atoms. The molecule has 2 heteroatoms. The van der Waals surface area contributed by atoms with Crippen LogP contribution >= 0.6 is 0 Å². The van der Waals surface area contributed by atoms with Crippen LogP contribution in [-0.2, 0) is 17.6 Å². The molecule has 0 saturated heterocycles. The van der Waals surface area contributed by atoms with Gasteiger partial charge in [-0.2, -0.15) is 0 Å². The molecular weight excluding hydrogens is 306 g/mol. The molecule has 0 aromatic heterocycles. The van der Waals surface area contributed by atoms with Crippen molar-refractivity contribution in [3.8, 4) is 0 Å². The average Bonchev–Trinajstić information content (AvgIpc) is 2.68. The SMILES string of the molecule is C=C=C/C=C\C.CC.CCCCOC1CNc2ccc(CC)cc2C1. The maximum absolute atomic E-state index is 5.89. The molecule has 0 fully saturated rings. The third kappa shape index (κ3) is 9.96. The van der Waals surface area contributed by atoms with Crippen LogP contribution in [0.5, 0.6) is 0 Å². The second-order valence-corrected chi connectivity index (χ2v) is 5.67. The molecule has 1 unspecified atom stereocenters. The molecular formula is C23H37NO. The van der Waals surface area contributed by atoms with Crippen molar-refractivity contribution in [3.63, 3.8) is 0 Å². The lowest BCUT2D eigenvalue weighted by atomic mass is 9.98. The van der Waals surface area contributed by atoms with E-state index >= 15 is 0 Å². The van der Waals surface area contributed by atoms with Crippen molar-refractivity contribution in [1.29, 1.82) is 0 Å². The van der Waals surface area contributed by atoms with Crippen LogP contribution in [-0.4, -0.2) is 19.3 Å². The number of benzene rings is 1. The molecule has 1 aliphatic heterocycles. The second-order valence-electron chi connectivity index (χ2n) is 5.67. The summed E-state index contributed by atoms with van der Waals surface area (Å²) in [5.74, 6) is 0. The number of fused-ring (bicyclic) bond motifs is 1. The molecule has 1 aromatic carbocycles. The number of allylic oxidation sites excluding steroid dienone is 3. The van der Waals surface area contributed by atoms with Crippen LogP contribution in [0.4, 0.5) is 5.69 Å². The van der Waals surface area contributed by atoms with E-state index in [1.807, 2.05) is 32.9 Å². The number of aryl methyl sites for hydroxylation is 1. The summed E-state index contributed by atoms with van der Waals surface area (Å²) in [6, 6.07) is 6.73. The fourth-order valence-electron chi connectivity index (χ4n) is 2.43. The topological polar surface area (TPSA) is 21.3 Å². The van der Waals surface area contributed by atoms with Crippen LogP contribution in [0.25, 0.3) is 0 Å². The number of rotatable bonds is 6. The smallest absolute Gasteiger partial charge is 0.0788 e. The third-order valence-electron chi connectivity index (χ3n) is 3.80. The van der Waals surface area contributed by atoms with Gasteiger partial charge >= 0.3 is 0 Å². The van der Waals surface area contributed by atoms with E-state index in [4.69, 9.17) is 4.74 Å². The fourth-order valence-corrected chi connectivity index (χ4v) is 2.43. The van der Waals surface area contributed by atoms with Gasteiger partial charge in [-0.05, 0) is 43.0 Å². The molecule has 1 N–H and O–H groups in total. The van der Waals surface area contributed by atoms with Crippen LogP contribution < -0.4 is 5.32 Å². The highest BCUT2D eigenvalue weighted by Crippen LogP contribution is 2.24. The summed E-state index contributed by atoms with van der Waals surface area (Å²) >= 11 is 0. The molecule has 0 saturated carbocycles. The van der Waals surface area contributed by atoms with Gasteiger partial charge in [0.05, 0.1) is 6.10 Å². The van der Waals surface area contributed by atoms with Gasteiger partial charge in [-0.25, -0.2) is 0 Å². The Morgan fingerprint density at radius 3 is 2.64 bits per heavy atom. The Balaban J connectivity index is 0.000000614. The van der Waals surface area contributed by atoms with E-state index in [1.165, 1.54) is 29.7 Å². The van der Waals surface area contributed by atoms with Gasteiger partial charge in [-0.1, -0.05) is 65.0 Å². The van der Waals surface area contributed by atoms with Crippen molar-refractivity contribution in [3.05, 3.63) is 59.9 Å². The van der Waals surface area contributed by atoms with Gasteiger partial charge in [-0.3, -0.25) is 0 Å². The van der Waals surface area contributed by atoms with E-state index in [-0.39, 0.29) is 0 Å². The first-order valence-electron chi connectivity index (χ1n) is 9.69. The number of nitrogens with one attached hydrogen (secondary N) is 1. The van der Waals surface area contributed by atoms with Crippen LogP contribution in [0.1, 0.15) is 58.6 Å². The molecule has 140 valence electrons. The van der Waals surface area contributed by atoms with E-state index in [1.54, 1.807) is 6.08 Å². The molecule has 1 atom stereocenters. The van der Waals surface area contributed by atoms with E-state index in [0.717, 1.165) is 26.0 Å². The van der Waals surface area contributed by atoms with Crippen LogP contribution in [0.2, 0.25) is 0 Å². The fraction of sp³-hybridized carbons (Fsp3) is 0.522. The van der Waals surface area contributed by atoms with Crippen molar-refractivity contribution >= 4 is 5.69 Å². The van der Waals surface area contributed by atoms with Gasteiger partial charge in [0.15, 0.2) is 0 Å². The molecule has 0 radical (unpaired) electrons. The van der Waals surface area contributed by atoms with Crippen LogP contribution in [0, 0.1) is 0 Å². The molecule has 1 aromatic rings. The van der Waals surface area contributed by atoms with Crippen molar-refractivity contribution in [2.24, 2.45) is 0 Å². The summed E-state index contributed by atoms with van der Waals surface area (Å²) < 4.78 is 5.89. The molecule has 2 nitrogen and oxygen atoms in total. The largest absolute Gasteiger partial charge is 0.382 e.